The number of ether oxygens (including phenoxy) is 1. The third-order valence-corrected chi connectivity index (χ3v) is 3.17. The molecule has 3 heteroatoms. The van der Waals surface area contributed by atoms with Crippen LogP contribution >= 0.6 is 0 Å². The third kappa shape index (κ3) is 2.78. The highest BCUT2D eigenvalue weighted by Crippen LogP contribution is 2.28. The van der Waals surface area contributed by atoms with E-state index in [4.69, 9.17) is 4.74 Å². The van der Waals surface area contributed by atoms with Crippen molar-refractivity contribution >= 4 is 11.5 Å². The molecule has 0 N–H and O–H groups in total. The van der Waals surface area contributed by atoms with E-state index in [2.05, 4.69) is 11.0 Å². The highest BCUT2D eigenvalue weighted by atomic mass is 16.5. The summed E-state index contributed by atoms with van der Waals surface area (Å²) in [7, 11) is 1.66. The van der Waals surface area contributed by atoms with Crippen molar-refractivity contribution in [1.82, 2.24) is 0 Å². The minimum absolute atomic E-state index is 0.193. The first kappa shape index (κ1) is 12.0. The first-order chi connectivity index (χ1) is 8.20. The predicted octanol–water partition coefficient (Wildman–Crippen LogP) is 2.43. The number of hydrogen-bond donors (Lipinski definition) is 0. The molecule has 0 saturated carbocycles. The molecular weight excluding hydrogens is 214 g/mol. The van der Waals surface area contributed by atoms with Gasteiger partial charge in [-0.05, 0) is 43.5 Å². The number of carbonyl (C=O) groups is 1. The maximum Gasteiger partial charge on any atom is 0.134 e. The van der Waals surface area contributed by atoms with E-state index in [-0.39, 0.29) is 5.78 Å². The van der Waals surface area contributed by atoms with E-state index >= 15 is 0 Å². The lowest BCUT2D eigenvalue weighted by atomic mass is 10.1. The lowest BCUT2D eigenvalue weighted by Gasteiger charge is -2.21. The van der Waals surface area contributed by atoms with E-state index in [1.807, 2.05) is 12.1 Å². The number of anilines is 1. The maximum absolute atomic E-state index is 11.3. The molecule has 1 heterocycles. The Morgan fingerprint density at radius 3 is 2.65 bits per heavy atom. The summed E-state index contributed by atoms with van der Waals surface area (Å²) in [6.07, 6.45) is 2.97. The quantitative estimate of drug-likeness (QED) is 0.800. The zero-order valence-corrected chi connectivity index (χ0v) is 10.5. The molecule has 0 atom stereocenters. The Balaban J connectivity index is 2.31. The number of ketones is 1. The minimum Gasteiger partial charge on any atom is -0.497 e. The molecule has 0 bridgehead atoms. The topological polar surface area (TPSA) is 29.5 Å². The number of nitrogens with zero attached hydrogens (tertiary/aromatic N) is 1. The fourth-order valence-electron chi connectivity index (χ4n) is 2.37. The van der Waals surface area contributed by atoms with Gasteiger partial charge in [-0.3, -0.25) is 4.79 Å². The molecule has 3 nitrogen and oxygen atoms in total. The molecule has 17 heavy (non-hydrogen) atoms. The third-order valence-electron chi connectivity index (χ3n) is 3.17. The molecule has 1 saturated heterocycles. The SMILES string of the molecule is COc1ccc(N2CCCC2)c(CC(C)=O)c1. The van der Waals surface area contributed by atoms with Crippen molar-refractivity contribution in [2.75, 3.05) is 25.1 Å². The van der Waals surface area contributed by atoms with Gasteiger partial charge in [-0.25, -0.2) is 0 Å². The highest BCUT2D eigenvalue weighted by Gasteiger charge is 2.16. The van der Waals surface area contributed by atoms with Gasteiger partial charge in [-0.2, -0.15) is 0 Å². The smallest absolute Gasteiger partial charge is 0.134 e. The largest absolute Gasteiger partial charge is 0.497 e. The summed E-state index contributed by atoms with van der Waals surface area (Å²) < 4.78 is 5.22. The van der Waals surface area contributed by atoms with E-state index in [0.717, 1.165) is 24.4 Å². The van der Waals surface area contributed by atoms with Gasteiger partial charge in [-0.1, -0.05) is 0 Å². The fourth-order valence-corrected chi connectivity index (χ4v) is 2.37. The molecule has 1 aliphatic rings. The van der Waals surface area contributed by atoms with Gasteiger partial charge in [0.05, 0.1) is 7.11 Å². The monoisotopic (exact) mass is 233 g/mol. The zero-order valence-electron chi connectivity index (χ0n) is 10.5. The number of rotatable bonds is 4. The van der Waals surface area contributed by atoms with Crippen LogP contribution < -0.4 is 9.64 Å². The van der Waals surface area contributed by atoms with Gasteiger partial charge in [0.25, 0.3) is 0 Å². The summed E-state index contributed by atoms with van der Waals surface area (Å²) in [4.78, 5) is 13.7. The second kappa shape index (κ2) is 5.21. The van der Waals surface area contributed by atoms with Crippen LogP contribution in [0.3, 0.4) is 0 Å². The minimum atomic E-state index is 0.193. The van der Waals surface area contributed by atoms with Crippen LogP contribution in [-0.4, -0.2) is 26.0 Å². The summed E-state index contributed by atoms with van der Waals surface area (Å²) in [6.45, 7) is 3.82. The number of carbonyl (C=O) groups excluding carboxylic acids is 1. The molecule has 2 rings (SSSR count). The molecular formula is C14H19NO2. The lowest BCUT2D eigenvalue weighted by Crippen LogP contribution is -2.19. The summed E-state index contributed by atoms with van der Waals surface area (Å²) in [5.74, 6) is 1.02. The Bertz CT molecular complexity index is 409. The van der Waals surface area contributed by atoms with Gasteiger partial charge in [0.1, 0.15) is 11.5 Å². The van der Waals surface area contributed by atoms with Crippen LogP contribution in [0.15, 0.2) is 18.2 Å². The standard InChI is InChI=1S/C14H19NO2/c1-11(16)9-12-10-13(17-2)5-6-14(12)15-7-3-4-8-15/h5-6,10H,3-4,7-9H2,1-2H3. The molecule has 0 unspecified atom stereocenters. The zero-order chi connectivity index (χ0) is 12.3. The number of methoxy groups -OCH3 is 1. The molecule has 0 aromatic heterocycles. The molecule has 0 aliphatic carbocycles. The normalized spacial score (nSPS) is 15.1. The second-order valence-electron chi connectivity index (χ2n) is 4.57. The van der Waals surface area contributed by atoms with Crippen molar-refractivity contribution in [1.29, 1.82) is 0 Å². The Hall–Kier alpha value is -1.51. The fraction of sp³-hybridized carbons (Fsp3) is 0.500. The van der Waals surface area contributed by atoms with Gasteiger partial charge in [0.15, 0.2) is 0 Å². The van der Waals surface area contributed by atoms with Gasteiger partial charge in [0.2, 0.25) is 0 Å². The van der Waals surface area contributed by atoms with Crippen LogP contribution in [0.4, 0.5) is 5.69 Å². The van der Waals surface area contributed by atoms with Crippen molar-refractivity contribution < 1.29 is 9.53 Å². The van der Waals surface area contributed by atoms with Crippen LogP contribution in [0.5, 0.6) is 5.75 Å². The van der Waals surface area contributed by atoms with Crippen LogP contribution in [0.25, 0.3) is 0 Å². The summed E-state index contributed by atoms with van der Waals surface area (Å²) >= 11 is 0. The first-order valence-electron chi connectivity index (χ1n) is 6.12. The van der Waals surface area contributed by atoms with E-state index in [9.17, 15) is 4.79 Å². The van der Waals surface area contributed by atoms with Gasteiger partial charge in [-0.15, -0.1) is 0 Å². The molecule has 0 amide bonds. The average Bonchev–Trinajstić information content (AvgIpc) is 2.81. The van der Waals surface area contributed by atoms with E-state index in [0.29, 0.717) is 6.42 Å². The number of benzene rings is 1. The molecule has 1 aromatic rings. The molecule has 1 fully saturated rings. The van der Waals surface area contributed by atoms with Crippen molar-refractivity contribution in [2.45, 2.75) is 26.2 Å². The van der Waals surface area contributed by atoms with Crippen LogP contribution in [0.1, 0.15) is 25.3 Å². The van der Waals surface area contributed by atoms with Crippen molar-refractivity contribution in [3.05, 3.63) is 23.8 Å². The van der Waals surface area contributed by atoms with E-state index in [1.165, 1.54) is 18.5 Å². The van der Waals surface area contributed by atoms with Gasteiger partial charge >= 0.3 is 0 Å². The van der Waals surface area contributed by atoms with E-state index < -0.39 is 0 Å². The molecule has 92 valence electrons. The van der Waals surface area contributed by atoms with Crippen molar-refractivity contribution in [2.24, 2.45) is 0 Å². The average molecular weight is 233 g/mol. The Morgan fingerprint density at radius 2 is 2.06 bits per heavy atom. The van der Waals surface area contributed by atoms with Crippen molar-refractivity contribution in [3.63, 3.8) is 0 Å². The summed E-state index contributed by atoms with van der Waals surface area (Å²) in [6, 6.07) is 6.02. The number of Topliss-reactive ketones (excluding diaryl/α,β-unsaturated/α-hetero) is 1. The van der Waals surface area contributed by atoms with Crippen LogP contribution in [0.2, 0.25) is 0 Å². The summed E-state index contributed by atoms with van der Waals surface area (Å²) in [5, 5.41) is 0. The Morgan fingerprint density at radius 1 is 1.35 bits per heavy atom. The second-order valence-corrected chi connectivity index (χ2v) is 4.57. The molecule has 1 aromatic carbocycles. The highest BCUT2D eigenvalue weighted by molar-refractivity contribution is 5.80. The molecule has 0 radical (unpaired) electrons. The molecule has 0 spiro atoms. The number of hydrogen-bond acceptors (Lipinski definition) is 3. The Kier molecular flexibility index (Phi) is 3.67. The first-order valence-corrected chi connectivity index (χ1v) is 6.12. The summed E-state index contributed by atoms with van der Waals surface area (Å²) in [5.41, 5.74) is 2.28. The van der Waals surface area contributed by atoms with Crippen LogP contribution in [0, 0.1) is 0 Å². The molecule has 1 aliphatic heterocycles. The lowest BCUT2D eigenvalue weighted by molar-refractivity contribution is -0.116. The van der Waals surface area contributed by atoms with Gasteiger partial charge < -0.3 is 9.64 Å². The maximum atomic E-state index is 11.3. The predicted molar refractivity (Wildman–Crippen MR) is 68.8 cm³/mol. The van der Waals surface area contributed by atoms with Crippen molar-refractivity contribution in [3.8, 4) is 5.75 Å². The van der Waals surface area contributed by atoms with Crippen LogP contribution in [-0.2, 0) is 11.2 Å². The van der Waals surface area contributed by atoms with Gasteiger partial charge in [0, 0.05) is 25.2 Å². The Labute approximate surface area is 102 Å². The van der Waals surface area contributed by atoms with E-state index in [1.54, 1.807) is 14.0 Å².